The maximum absolute atomic E-state index is 12.4. The zero-order chi connectivity index (χ0) is 18.8. The predicted octanol–water partition coefficient (Wildman–Crippen LogP) is 4.68. The lowest BCUT2D eigenvalue weighted by molar-refractivity contribution is -0.115. The fourth-order valence-electron chi connectivity index (χ4n) is 2.73. The Morgan fingerprint density at radius 3 is 2.58 bits per heavy atom. The molecule has 0 atom stereocenters. The van der Waals surface area contributed by atoms with Gasteiger partial charge in [0, 0.05) is 11.3 Å². The largest absolute Gasteiger partial charge is 0.506 e. The minimum absolute atomic E-state index is 0.0285. The van der Waals surface area contributed by atoms with Crippen molar-refractivity contribution < 1.29 is 9.90 Å². The van der Waals surface area contributed by atoms with Crippen LogP contribution in [0.15, 0.2) is 42.5 Å². The summed E-state index contributed by atoms with van der Waals surface area (Å²) in [6, 6.07) is 11.9. The van der Waals surface area contributed by atoms with Gasteiger partial charge in [-0.1, -0.05) is 35.3 Å². The van der Waals surface area contributed by atoms with Crippen molar-refractivity contribution in [3.63, 3.8) is 0 Å². The number of nitrogens with one attached hydrogen (secondary N) is 1. The maximum Gasteiger partial charge on any atom is 0.229 e. The number of aromatic nitrogens is 2. The molecule has 0 bridgehead atoms. The number of halogens is 2. The number of carbonyl (C=O) groups is 1. The number of aryl methyl sites for hydroxylation is 1. The van der Waals surface area contributed by atoms with Gasteiger partial charge in [-0.2, -0.15) is 5.10 Å². The van der Waals surface area contributed by atoms with Crippen LogP contribution in [-0.2, 0) is 11.2 Å². The number of carbonyl (C=O) groups excluding carboxylic acids is 1. The Kier molecular flexibility index (Phi) is 5.20. The minimum atomic E-state index is -0.230. The number of rotatable bonds is 4. The van der Waals surface area contributed by atoms with Crippen molar-refractivity contribution in [3.05, 3.63) is 69.5 Å². The number of benzene rings is 2. The summed E-state index contributed by atoms with van der Waals surface area (Å²) in [5.41, 5.74) is 3.57. The van der Waals surface area contributed by atoms with Gasteiger partial charge in [0.2, 0.25) is 5.91 Å². The molecule has 0 aliphatic carbocycles. The van der Waals surface area contributed by atoms with Gasteiger partial charge in [0.05, 0.1) is 33.5 Å². The van der Waals surface area contributed by atoms with E-state index in [0.29, 0.717) is 15.7 Å². The molecule has 0 aliphatic heterocycles. The highest BCUT2D eigenvalue weighted by molar-refractivity contribution is 6.42. The molecule has 0 unspecified atom stereocenters. The first-order chi connectivity index (χ1) is 12.4. The number of anilines is 1. The quantitative estimate of drug-likeness (QED) is 0.636. The van der Waals surface area contributed by atoms with Crippen molar-refractivity contribution in [2.45, 2.75) is 20.3 Å². The second-order valence-corrected chi connectivity index (χ2v) is 6.72. The number of hydrogen-bond acceptors (Lipinski definition) is 3. The monoisotopic (exact) mass is 389 g/mol. The number of para-hydroxylation sites is 2. The number of nitrogens with zero attached hydrogens (tertiary/aromatic N) is 2. The van der Waals surface area contributed by atoms with Crippen LogP contribution in [0.4, 0.5) is 5.69 Å². The number of amides is 1. The third-order valence-electron chi connectivity index (χ3n) is 4.10. The zero-order valence-electron chi connectivity index (χ0n) is 14.3. The van der Waals surface area contributed by atoms with Gasteiger partial charge in [-0.3, -0.25) is 4.79 Å². The van der Waals surface area contributed by atoms with Crippen LogP contribution < -0.4 is 5.32 Å². The van der Waals surface area contributed by atoms with Crippen LogP contribution in [0.1, 0.15) is 17.0 Å². The second-order valence-electron chi connectivity index (χ2n) is 5.90. The number of aromatic hydroxyl groups is 1. The van der Waals surface area contributed by atoms with E-state index in [-0.39, 0.29) is 18.1 Å². The first-order valence-electron chi connectivity index (χ1n) is 7.95. The summed E-state index contributed by atoms with van der Waals surface area (Å²) in [5, 5.41) is 17.9. The molecule has 26 heavy (non-hydrogen) atoms. The van der Waals surface area contributed by atoms with Crippen molar-refractivity contribution in [2.24, 2.45) is 0 Å². The Bertz CT molecular complexity index is 983. The number of phenols is 1. The first kappa shape index (κ1) is 18.3. The summed E-state index contributed by atoms with van der Waals surface area (Å²) >= 11 is 12.1. The van der Waals surface area contributed by atoms with E-state index >= 15 is 0 Å². The highest BCUT2D eigenvalue weighted by Gasteiger charge is 2.17. The first-order valence-corrected chi connectivity index (χ1v) is 8.70. The minimum Gasteiger partial charge on any atom is -0.506 e. The van der Waals surface area contributed by atoms with E-state index in [1.165, 1.54) is 6.07 Å². The van der Waals surface area contributed by atoms with Gasteiger partial charge in [-0.25, -0.2) is 4.68 Å². The molecule has 0 spiro atoms. The third kappa shape index (κ3) is 3.69. The standard InChI is InChI=1S/C19H17Cl2N3O2/c1-11-14(10-19(26)22-17-5-3-4-6-18(17)25)12(2)24(23-11)13-7-8-15(20)16(21)9-13/h3-9,25H,10H2,1-2H3,(H,22,26). The summed E-state index contributed by atoms with van der Waals surface area (Å²) in [6.45, 7) is 3.74. The van der Waals surface area contributed by atoms with E-state index < -0.39 is 0 Å². The summed E-state index contributed by atoms with van der Waals surface area (Å²) < 4.78 is 1.74. The average molecular weight is 390 g/mol. The molecule has 0 radical (unpaired) electrons. The Morgan fingerprint density at radius 1 is 1.15 bits per heavy atom. The van der Waals surface area contributed by atoms with E-state index in [9.17, 15) is 9.90 Å². The number of hydrogen-bond donors (Lipinski definition) is 2. The molecule has 2 aromatic carbocycles. The van der Waals surface area contributed by atoms with E-state index in [1.54, 1.807) is 35.0 Å². The maximum atomic E-state index is 12.4. The van der Waals surface area contributed by atoms with Crippen LogP contribution in [0.2, 0.25) is 10.0 Å². The molecule has 134 valence electrons. The van der Waals surface area contributed by atoms with Gasteiger partial charge in [0.25, 0.3) is 0 Å². The molecule has 1 heterocycles. The molecule has 7 heteroatoms. The van der Waals surface area contributed by atoms with Crippen LogP contribution in [-0.4, -0.2) is 20.8 Å². The fraction of sp³-hybridized carbons (Fsp3) is 0.158. The molecule has 1 aromatic heterocycles. The van der Waals surface area contributed by atoms with Gasteiger partial charge < -0.3 is 10.4 Å². The van der Waals surface area contributed by atoms with Crippen molar-refractivity contribution in [3.8, 4) is 11.4 Å². The summed E-state index contributed by atoms with van der Waals surface area (Å²) in [5.74, 6) is -0.202. The Balaban J connectivity index is 1.85. The van der Waals surface area contributed by atoms with Crippen LogP contribution in [0.3, 0.4) is 0 Å². The molecule has 0 fully saturated rings. The van der Waals surface area contributed by atoms with Crippen LogP contribution in [0, 0.1) is 13.8 Å². The molecule has 3 rings (SSSR count). The summed E-state index contributed by atoms with van der Waals surface area (Å²) in [4.78, 5) is 12.4. The Morgan fingerprint density at radius 2 is 1.88 bits per heavy atom. The van der Waals surface area contributed by atoms with E-state index in [1.807, 2.05) is 19.9 Å². The predicted molar refractivity (Wildman–Crippen MR) is 103 cm³/mol. The molecule has 1 amide bonds. The molecule has 5 nitrogen and oxygen atoms in total. The summed E-state index contributed by atoms with van der Waals surface area (Å²) in [7, 11) is 0. The van der Waals surface area contributed by atoms with Gasteiger partial charge in [0.1, 0.15) is 5.75 Å². The molecular weight excluding hydrogens is 373 g/mol. The van der Waals surface area contributed by atoms with Gasteiger partial charge in [0.15, 0.2) is 0 Å². The van der Waals surface area contributed by atoms with Gasteiger partial charge in [-0.05, 0) is 44.2 Å². The lowest BCUT2D eigenvalue weighted by atomic mass is 10.1. The highest BCUT2D eigenvalue weighted by Crippen LogP contribution is 2.27. The van der Waals surface area contributed by atoms with Crippen LogP contribution >= 0.6 is 23.2 Å². The Hall–Kier alpha value is -2.50. The third-order valence-corrected chi connectivity index (χ3v) is 4.84. The smallest absolute Gasteiger partial charge is 0.229 e. The molecular formula is C19H17Cl2N3O2. The van der Waals surface area contributed by atoms with Crippen molar-refractivity contribution in [1.82, 2.24) is 9.78 Å². The summed E-state index contributed by atoms with van der Waals surface area (Å²) in [6.07, 6.45) is 0.146. The van der Waals surface area contributed by atoms with Crippen LogP contribution in [0.5, 0.6) is 5.75 Å². The van der Waals surface area contributed by atoms with Crippen molar-refractivity contribution in [2.75, 3.05) is 5.32 Å². The molecule has 3 aromatic rings. The molecule has 2 N–H and O–H groups in total. The Labute approximate surface area is 161 Å². The van der Waals surface area contributed by atoms with Crippen molar-refractivity contribution in [1.29, 1.82) is 0 Å². The molecule has 0 saturated carbocycles. The zero-order valence-corrected chi connectivity index (χ0v) is 15.8. The van der Waals surface area contributed by atoms with E-state index in [0.717, 1.165) is 22.6 Å². The second kappa shape index (κ2) is 7.40. The van der Waals surface area contributed by atoms with Crippen LogP contribution in [0.25, 0.3) is 5.69 Å². The lowest BCUT2D eigenvalue weighted by Crippen LogP contribution is -2.15. The topological polar surface area (TPSA) is 67.2 Å². The molecule has 0 aliphatic rings. The lowest BCUT2D eigenvalue weighted by Gasteiger charge is -2.08. The average Bonchev–Trinajstić information content (AvgIpc) is 2.87. The molecule has 0 saturated heterocycles. The normalized spacial score (nSPS) is 10.8. The SMILES string of the molecule is Cc1nn(-c2ccc(Cl)c(Cl)c2)c(C)c1CC(=O)Nc1ccccc1O. The van der Waals surface area contributed by atoms with Gasteiger partial charge >= 0.3 is 0 Å². The highest BCUT2D eigenvalue weighted by atomic mass is 35.5. The van der Waals surface area contributed by atoms with Gasteiger partial charge in [-0.15, -0.1) is 0 Å². The number of phenolic OH excluding ortho intramolecular Hbond substituents is 1. The van der Waals surface area contributed by atoms with E-state index in [4.69, 9.17) is 23.2 Å². The van der Waals surface area contributed by atoms with E-state index in [2.05, 4.69) is 10.4 Å². The van der Waals surface area contributed by atoms with Crippen molar-refractivity contribution >= 4 is 34.8 Å². The fourth-order valence-corrected chi connectivity index (χ4v) is 3.03.